The van der Waals surface area contributed by atoms with Gasteiger partial charge >= 0.3 is 0 Å². The predicted molar refractivity (Wildman–Crippen MR) is 56.3 cm³/mol. The Bertz CT molecular complexity index is 561. The summed E-state index contributed by atoms with van der Waals surface area (Å²) in [5.41, 5.74) is 1.61. The molecule has 0 radical (unpaired) electrons. The van der Waals surface area contributed by atoms with Gasteiger partial charge in [0.1, 0.15) is 18.1 Å². The zero-order chi connectivity index (χ0) is 12.7. The van der Waals surface area contributed by atoms with Crippen molar-refractivity contribution in [3.8, 4) is 0 Å². The number of alkyl halides is 2. The molecule has 0 spiro atoms. The van der Waals surface area contributed by atoms with Crippen LogP contribution < -0.4 is 0 Å². The molecule has 1 aromatic heterocycles. The van der Waals surface area contributed by atoms with E-state index in [9.17, 15) is 18.7 Å². The molecule has 0 amide bonds. The summed E-state index contributed by atoms with van der Waals surface area (Å²) in [7, 11) is 0. The lowest BCUT2D eigenvalue weighted by Crippen LogP contribution is -2.20. The van der Waals surface area contributed by atoms with Crippen LogP contribution in [-0.2, 0) is 23.2 Å². The quantitative estimate of drug-likeness (QED) is 0.814. The number of hydrogen-bond acceptors (Lipinski definition) is 3. The lowest BCUT2D eigenvalue weighted by molar-refractivity contribution is -0.115. The molecule has 96 valence electrons. The molecule has 0 aromatic carbocycles. The van der Waals surface area contributed by atoms with E-state index in [0.717, 1.165) is 30.5 Å². The van der Waals surface area contributed by atoms with E-state index >= 15 is 0 Å². The summed E-state index contributed by atoms with van der Waals surface area (Å²) >= 11 is 0. The van der Waals surface area contributed by atoms with Gasteiger partial charge in [-0.25, -0.2) is 8.78 Å². The molecule has 18 heavy (non-hydrogen) atoms. The fraction of sp³-hybridized carbons (Fsp3) is 0.667. The van der Waals surface area contributed by atoms with Gasteiger partial charge in [-0.2, -0.15) is 5.10 Å². The van der Waals surface area contributed by atoms with Gasteiger partial charge < -0.3 is 9.90 Å². The standard InChI is InChI=1S/C12H12F2N2O2/c13-10(14)9-8-7(1-11-4-12(8,11)5-11)16(15-9)2-6(18)3-17/h3,6,10,18H,1-2,4-5H2. The SMILES string of the molecule is O=CC(O)Cn1nc(C(F)F)c2c1CC13CC21C3. The lowest BCUT2D eigenvalue weighted by Gasteiger charge is -2.13. The monoisotopic (exact) mass is 254 g/mol. The predicted octanol–water partition coefficient (Wildman–Crippen LogP) is 0.968. The van der Waals surface area contributed by atoms with Gasteiger partial charge in [-0.15, -0.1) is 0 Å². The van der Waals surface area contributed by atoms with Crippen molar-refractivity contribution in [1.82, 2.24) is 9.78 Å². The molecule has 4 nitrogen and oxygen atoms in total. The molecule has 1 atom stereocenters. The number of aliphatic hydroxyl groups excluding tert-OH is 1. The van der Waals surface area contributed by atoms with Crippen molar-refractivity contribution < 1.29 is 18.7 Å². The molecule has 1 N–H and O–H groups in total. The largest absolute Gasteiger partial charge is 0.384 e. The second-order valence-electron chi connectivity index (χ2n) is 5.79. The van der Waals surface area contributed by atoms with E-state index in [0.29, 0.717) is 6.29 Å². The maximum atomic E-state index is 13.0. The molecule has 1 heterocycles. The van der Waals surface area contributed by atoms with Crippen molar-refractivity contribution in [1.29, 1.82) is 0 Å². The van der Waals surface area contributed by atoms with Gasteiger partial charge in [-0.1, -0.05) is 0 Å². The van der Waals surface area contributed by atoms with E-state index in [1.807, 2.05) is 0 Å². The van der Waals surface area contributed by atoms with E-state index in [2.05, 4.69) is 5.10 Å². The maximum Gasteiger partial charge on any atom is 0.282 e. The van der Waals surface area contributed by atoms with Crippen LogP contribution in [0, 0.1) is 5.41 Å². The van der Waals surface area contributed by atoms with Crippen LogP contribution in [0.4, 0.5) is 8.78 Å². The van der Waals surface area contributed by atoms with Crippen LogP contribution in [0.25, 0.3) is 0 Å². The minimum atomic E-state index is -2.58. The fourth-order valence-corrected chi connectivity index (χ4v) is 3.81. The molecule has 0 bridgehead atoms. The van der Waals surface area contributed by atoms with E-state index in [4.69, 9.17) is 0 Å². The molecule has 2 saturated carbocycles. The fourth-order valence-electron chi connectivity index (χ4n) is 3.81. The maximum absolute atomic E-state index is 13.0. The summed E-state index contributed by atoms with van der Waals surface area (Å²) in [5.74, 6) is 0. The molecule has 0 saturated heterocycles. The normalized spacial score (nSPS) is 36.0. The van der Waals surface area contributed by atoms with E-state index in [1.54, 1.807) is 0 Å². The van der Waals surface area contributed by atoms with Gasteiger partial charge in [0.2, 0.25) is 0 Å². The first-order chi connectivity index (χ1) is 8.53. The second kappa shape index (κ2) is 2.82. The first-order valence-electron chi connectivity index (χ1n) is 6.05. The Hall–Kier alpha value is -1.30. The zero-order valence-corrected chi connectivity index (χ0v) is 9.57. The molecule has 0 aliphatic heterocycles. The van der Waals surface area contributed by atoms with E-state index < -0.39 is 12.5 Å². The van der Waals surface area contributed by atoms with Crippen LogP contribution in [0.2, 0.25) is 0 Å². The Labute approximate surface area is 102 Å². The molecule has 1 unspecified atom stereocenters. The third-order valence-corrected chi connectivity index (χ3v) is 4.84. The van der Waals surface area contributed by atoms with Crippen LogP contribution in [0.1, 0.15) is 36.2 Å². The van der Waals surface area contributed by atoms with Crippen LogP contribution in [0.15, 0.2) is 0 Å². The molecule has 6 heteroatoms. The summed E-state index contributed by atoms with van der Waals surface area (Å²) in [6, 6.07) is 0. The molecular formula is C12H12F2N2O2. The summed E-state index contributed by atoms with van der Waals surface area (Å²) in [6.07, 6.45) is -0.567. The van der Waals surface area contributed by atoms with Gasteiger partial charge in [-0.3, -0.25) is 4.68 Å². The van der Waals surface area contributed by atoms with Crippen molar-refractivity contribution in [2.45, 2.75) is 43.8 Å². The number of aromatic nitrogens is 2. The minimum Gasteiger partial charge on any atom is -0.384 e. The number of aliphatic hydroxyl groups is 1. The molecule has 3 aliphatic rings. The molecule has 2 fully saturated rings. The highest BCUT2D eigenvalue weighted by atomic mass is 19.3. The Morgan fingerprint density at radius 1 is 1.50 bits per heavy atom. The Morgan fingerprint density at radius 3 is 2.83 bits per heavy atom. The average molecular weight is 254 g/mol. The molecule has 3 aliphatic carbocycles. The number of halogens is 2. The number of rotatable bonds is 4. The van der Waals surface area contributed by atoms with Gasteiger partial charge in [-0.05, 0) is 24.7 Å². The molecule has 4 rings (SSSR count). The van der Waals surface area contributed by atoms with Crippen LogP contribution in [0.3, 0.4) is 0 Å². The van der Waals surface area contributed by atoms with E-state index in [-0.39, 0.29) is 23.1 Å². The number of hydrogen-bond donors (Lipinski definition) is 1. The summed E-state index contributed by atoms with van der Waals surface area (Å²) in [5, 5.41) is 13.2. The van der Waals surface area contributed by atoms with Gasteiger partial charge in [0.05, 0.1) is 6.54 Å². The molecular weight excluding hydrogens is 242 g/mol. The summed E-state index contributed by atoms with van der Waals surface area (Å²) in [4.78, 5) is 10.5. The topological polar surface area (TPSA) is 55.1 Å². The number of fused-ring (bicyclic) bond motifs is 1. The van der Waals surface area contributed by atoms with Crippen LogP contribution in [-0.4, -0.2) is 27.3 Å². The Morgan fingerprint density at radius 2 is 2.22 bits per heavy atom. The third-order valence-electron chi connectivity index (χ3n) is 4.84. The van der Waals surface area contributed by atoms with Crippen molar-refractivity contribution in [2.24, 2.45) is 5.41 Å². The molecule has 1 aromatic rings. The van der Waals surface area contributed by atoms with Crippen LogP contribution >= 0.6 is 0 Å². The Balaban J connectivity index is 1.78. The number of aldehydes is 1. The van der Waals surface area contributed by atoms with Crippen molar-refractivity contribution in [2.75, 3.05) is 0 Å². The minimum absolute atomic E-state index is 0.0154. The van der Waals surface area contributed by atoms with Gasteiger partial charge in [0.25, 0.3) is 6.43 Å². The smallest absolute Gasteiger partial charge is 0.282 e. The Kier molecular flexibility index (Phi) is 1.66. The van der Waals surface area contributed by atoms with Crippen molar-refractivity contribution >= 4 is 6.29 Å². The van der Waals surface area contributed by atoms with Gasteiger partial charge in [0, 0.05) is 16.7 Å². The lowest BCUT2D eigenvalue weighted by atomic mass is 9.96. The first kappa shape index (κ1) is 10.6. The highest BCUT2D eigenvalue weighted by Gasteiger charge is 2.87. The summed E-state index contributed by atoms with van der Waals surface area (Å²) < 4.78 is 27.5. The number of carbonyl (C=O) groups is 1. The van der Waals surface area contributed by atoms with E-state index in [1.165, 1.54) is 4.68 Å². The van der Waals surface area contributed by atoms with Crippen molar-refractivity contribution in [3.63, 3.8) is 0 Å². The summed E-state index contributed by atoms with van der Waals surface area (Å²) in [6.45, 7) is -0.0231. The highest BCUT2D eigenvalue weighted by Crippen LogP contribution is 2.91. The second-order valence-corrected chi connectivity index (χ2v) is 5.79. The average Bonchev–Trinajstić information content (AvgIpc) is 2.96. The van der Waals surface area contributed by atoms with Gasteiger partial charge in [0.15, 0.2) is 0 Å². The zero-order valence-electron chi connectivity index (χ0n) is 9.57. The van der Waals surface area contributed by atoms with Crippen LogP contribution in [0.5, 0.6) is 0 Å². The number of carbonyl (C=O) groups excluding carboxylic acids is 1. The third kappa shape index (κ3) is 0.993. The highest BCUT2D eigenvalue weighted by molar-refractivity contribution is 5.61. The van der Waals surface area contributed by atoms with Crippen molar-refractivity contribution in [3.05, 3.63) is 17.0 Å². The first-order valence-corrected chi connectivity index (χ1v) is 6.05. The number of nitrogens with zero attached hydrogens (tertiary/aromatic N) is 2.